The Morgan fingerprint density at radius 2 is 1.84 bits per heavy atom. The zero-order valence-electron chi connectivity index (χ0n) is 14.5. The van der Waals surface area contributed by atoms with Gasteiger partial charge in [-0.05, 0) is 50.2 Å². The summed E-state index contributed by atoms with van der Waals surface area (Å²) in [6.45, 7) is 4.25. The van der Waals surface area contributed by atoms with E-state index >= 15 is 0 Å². The van der Waals surface area contributed by atoms with Crippen LogP contribution in [-0.2, 0) is 16.0 Å². The highest BCUT2D eigenvalue weighted by atomic mass is 16.7. The molecule has 0 N–H and O–H groups in total. The summed E-state index contributed by atoms with van der Waals surface area (Å²) in [5, 5.41) is 0. The van der Waals surface area contributed by atoms with Crippen molar-refractivity contribution >= 4 is 0 Å². The summed E-state index contributed by atoms with van der Waals surface area (Å²) < 4.78 is 22.4. The standard InChI is InChI=1S/C19H24N2O4/c1-22-16-4-2-14(3-5-16)17-12-20-18(25-17)13-21-8-6-15(7-9-21)19-23-10-11-24-19/h2-5,12,15,19H,6-11,13H2,1H3. The molecule has 2 aliphatic rings. The molecule has 0 radical (unpaired) electrons. The van der Waals surface area contributed by atoms with Crippen LogP contribution in [0, 0.1) is 5.92 Å². The number of methoxy groups -OCH3 is 1. The highest BCUT2D eigenvalue weighted by molar-refractivity contribution is 5.57. The van der Waals surface area contributed by atoms with Gasteiger partial charge in [0.15, 0.2) is 12.1 Å². The third-order valence-electron chi connectivity index (χ3n) is 4.95. The van der Waals surface area contributed by atoms with Gasteiger partial charge < -0.3 is 18.6 Å². The van der Waals surface area contributed by atoms with Crippen molar-refractivity contribution in [3.05, 3.63) is 36.4 Å². The van der Waals surface area contributed by atoms with E-state index in [0.29, 0.717) is 5.92 Å². The summed E-state index contributed by atoms with van der Waals surface area (Å²) in [5.41, 5.74) is 1.01. The van der Waals surface area contributed by atoms with E-state index in [1.165, 1.54) is 0 Å². The van der Waals surface area contributed by atoms with Gasteiger partial charge in [-0.2, -0.15) is 0 Å². The zero-order chi connectivity index (χ0) is 17.1. The van der Waals surface area contributed by atoms with Gasteiger partial charge in [-0.1, -0.05) is 0 Å². The number of piperidine rings is 1. The Bertz CT molecular complexity index is 671. The summed E-state index contributed by atoms with van der Waals surface area (Å²) in [4.78, 5) is 6.82. The third kappa shape index (κ3) is 3.86. The van der Waals surface area contributed by atoms with E-state index in [0.717, 1.165) is 68.7 Å². The molecule has 134 valence electrons. The number of hydrogen-bond acceptors (Lipinski definition) is 6. The maximum atomic E-state index is 5.93. The number of rotatable bonds is 5. The molecule has 2 fully saturated rings. The van der Waals surface area contributed by atoms with Gasteiger partial charge in [0.2, 0.25) is 5.89 Å². The molecule has 0 spiro atoms. The second-order valence-electron chi connectivity index (χ2n) is 6.57. The Morgan fingerprint density at radius 1 is 1.12 bits per heavy atom. The Kier molecular flexibility index (Phi) is 5.01. The molecule has 25 heavy (non-hydrogen) atoms. The fourth-order valence-corrected chi connectivity index (χ4v) is 3.50. The van der Waals surface area contributed by atoms with Crippen molar-refractivity contribution < 1.29 is 18.6 Å². The SMILES string of the molecule is COc1ccc(-c2cnc(CN3CCC(C4OCCO4)CC3)o2)cc1. The number of aromatic nitrogens is 1. The maximum absolute atomic E-state index is 5.93. The third-order valence-corrected chi connectivity index (χ3v) is 4.95. The summed E-state index contributed by atoms with van der Waals surface area (Å²) >= 11 is 0. The summed E-state index contributed by atoms with van der Waals surface area (Å²) in [6.07, 6.45) is 3.99. The van der Waals surface area contributed by atoms with Gasteiger partial charge in [0, 0.05) is 11.5 Å². The Balaban J connectivity index is 1.32. The number of oxazole rings is 1. The van der Waals surface area contributed by atoms with Crippen LogP contribution in [-0.4, -0.2) is 49.6 Å². The first-order chi connectivity index (χ1) is 12.3. The molecule has 0 amide bonds. The lowest BCUT2D eigenvalue weighted by atomic mass is 9.96. The van der Waals surface area contributed by atoms with Crippen LogP contribution in [0.4, 0.5) is 0 Å². The predicted octanol–water partition coefficient (Wildman–Crippen LogP) is 2.94. The van der Waals surface area contributed by atoms with Gasteiger partial charge >= 0.3 is 0 Å². The van der Waals surface area contributed by atoms with E-state index in [9.17, 15) is 0 Å². The van der Waals surface area contributed by atoms with Crippen LogP contribution in [0.3, 0.4) is 0 Å². The fourth-order valence-electron chi connectivity index (χ4n) is 3.50. The largest absolute Gasteiger partial charge is 0.497 e. The molecule has 3 heterocycles. The van der Waals surface area contributed by atoms with Gasteiger partial charge in [0.05, 0.1) is 33.1 Å². The lowest BCUT2D eigenvalue weighted by Gasteiger charge is -2.33. The summed E-state index contributed by atoms with van der Waals surface area (Å²) in [7, 11) is 1.66. The monoisotopic (exact) mass is 344 g/mol. The zero-order valence-corrected chi connectivity index (χ0v) is 14.5. The van der Waals surface area contributed by atoms with Gasteiger partial charge in [-0.15, -0.1) is 0 Å². The highest BCUT2D eigenvalue weighted by Gasteiger charge is 2.30. The minimum atomic E-state index is 0.00515. The second kappa shape index (κ2) is 7.56. The summed E-state index contributed by atoms with van der Waals surface area (Å²) in [6, 6.07) is 7.82. The van der Waals surface area contributed by atoms with Crippen molar-refractivity contribution in [2.75, 3.05) is 33.4 Å². The first kappa shape index (κ1) is 16.6. The molecule has 0 bridgehead atoms. The molecule has 0 atom stereocenters. The van der Waals surface area contributed by atoms with E-state index in [-0.39, 0.29) is 6.29 Å². The first-order valence-electron chi connectivity index (χ1n) is 8.86. The lowest BCUT2D eigenvalue weighted by Crippen LogP contribution is -2.37. The molecule has 1 aromatic heterocycles. The molecule has 0 saturated carbocycles. The van der Waals surface area contributed by atoms with Gasteiger partial charge in [0.25, 0.3) is 0 Å². The van der Waals surface area contributed by atoms with Crippen LogP contribution in [0.5, 0.6) is 5.75 Å². The molecule has 4 rings (SSSR count). The van der Waals surface area contributed by atoms with Crippen molar-refractivity contribution in [1.82, 2.24) is 9.88 Å². The fraction of sp³-hybridized carbons (Fsp3) is 0.526. The number of benzene rings is 1. The van der Waals surface area contributed by atoms with Crippen LogP contribution in [0.15, 0.2) is 34.9 Å². The van der Waals surface area contributed by atoms with E-state index in [2.05, 4.69) is 9.88 Å². The molecule has 2 saturated heterocycles. The molecule has 1 aromatic carbocycles. The van der Waals surface area contributed by atoms with Crippen LogP contribution in [0.2, 0.25) is 0 Å². The Morgan fingerprint density at radius 3 is 2.52 bits per heavy atom. The molecular formula is C19H24N2O4. The number of ether oxygens (including phenoxy) is 3. The average Bonchev–Trinajstić information content (AvgIpc) is 3.35. The van der Waals surface area contributed by atoms with E-state index in [1.54, 1.807) is 13.3 Å². The van der Waals surface area contributed by atoms with Crippen LogP contribution in [0.1, 0.15) is 18.7 Å². The van der Waals surface area contributed by atoms with E-state index in [1.807, 2.05) is 24.3 Å². The van der Waals surface area contributed by atoms with Gasteiger partial charge in [0.1, 0.15) is 5.75 Å². The normalized spacial score (nSPS) is 20.2. The minimum Gasteiger partial charge on any atom is -0.497 e. The molecule has 6 nitrogen and oxygen atoms in total. The van der Waals surface area contributed by atoms with Crippen LogP contribution < -0.4 is 4.74 Å². The van der Waals surface area contributed by atoms with E-state index in [4.69, 9.17) is 18.6 Å². The maximum Gasteiger partial charge on any atom is 0.209 e. The molecule has 2 aliphatic heterocycles. The summed E-state index contributed by atoms with van der Waals surface area (Å²) in [5.74, 6) is 2.90. The predicted molar refractivity (Wildman–Crippen MR) is 92.2 cm³/mol. The van der Waals surface area contributed by atoms with Crippen LogP contribution >= 0.6 is 0 Å². The van der Waals surface area contributed by atoms with Crippen molar-refractivity contribution in [3.63, 3.8) is 0 Å². The van der Waals surface area contributed by atoms with Gasteiger partial charge in [-0.3, -0.25) is 4.90 Å². The quantitative estimate of drug-likeness (QED) is 0.831. The molecule has 6 heteroatoms. The number of likely N-dealkylation sites (tertiary alicyclic amines) is 1. The molecule has 0 aliphatic carbocycles. The second-order valence-corrected chi connectivity index (χ2v) is 6.57. The minimum absolute atomic E-state index is 0.00515. The van der Waals surface area contributed by atoms with Crippen molar-refractivity contribution in [3.8, 4) is 17.1 Å². The average molecular weight is 344 g/mol. The van der Waals surface area contributed by atoms with E-state index < -0.39 is 0 Å². The van der Waals surface area contributed by atoms with Crippen molar-refractivity contribution in [2.45, 2.75) is 25.7 Å². The molecule has 2 aromatic rings. The Hall–Kier alpha value is -1.89. The van der Waals surface area contributed by atoms with Gasteiger partial charge in [-0.25, -0.2) is 4.98 Å². The van der Waals surface area contributed by atoms with Crippen molar-refractivity contribution in [2.24, 2.45) is 5.92 Å². The topological polar surface area (TPSA) is 57.0 Å². The molecule has 0 unspecified atom stereocenters. The number of hydrogen-bond donors (Lipinski definition) is 0. The number of nitrogens with zero attached hydrogens (tertiary/aromatic N) is 2. The van der Waals surface area contributed by atoms with Crippen molar-refractivity contribution in [1.29, 1.82) is 0 Å². The highest BCUT2D eigenvalue weighted by Crippen LogP contribution is 2.27. The molecular weight excluding hydrogens is 320 g/mol. The first-order valence-corrected chi connectivity index (χ1v) is 8.86. The van der Waals surface area contributed by atoms with Crippen LogP contribution in [0.25, 0.3) is 11.3 Å². The smallest absolute Gasteiger partial charge is 0.209 e. The lowest BCUT2D eigenvalue weighted by molar-refractivity contribution is -0.0980. The Labute approximate surface area is 147 Å².